The van der Waals surface area contributed by atoms with Gasteiger partial charge in [-0.25, -0.2) is 0 Å². The van der Waals surface area contributed by atoms with Crippen LogP contribution in [-0.2, 0) is 10.1 Å². The molecule has 0 spiro atoms. The van der Waals surface area contributed by atoms with Crippen LogP contribution in [0.15, 0.2) is 71.6 Å². The van der Waals surface area contributed by atoms with Gasteiger partial charge in [-0.3, -0.25) is 4.55 Å². The molecular formula is C16H14NNaO3S. The number of anilines is 2. The summed E-state index contributed by atoms with van der Waals surface area (Å²) in [4.78, 5) is -0.0981. The van der Waals surface area contributed by atoms with Crippen LogP contribution in [0.2, 0.25) is 0 Å². The molecule has 3 rings (SSSR count). The van der Waals surface area contributed by atoms with E-state index in [4.69, 9.17) is 0 Å². The summed E-state index contributed by atoms with van der Waals surface area (Å²) in [5.41, 5.74) is 1.47. The second-order valence-electron chi connectivity index (χ2n) is 4.63. The quantitative estimate of drug-likeness (QED) is 0.574. The zero-order valence-electron chi connectivity index (χ0n) is 11.0. The van der Waals surface area contributed by atoms with Crippen molar-refractivity contribution in [2.75, 3.05) is 5.32 Å². The van der Waals surface area contributed by atoms with Crippen LogP contribution >= 0.6 is 0 Å². The monoisotopic (exact) mass is 323 g/mol. The maximum atomic E-state index is 11.6. The van der Waals surface area contributed by atoms with Gasteiger partial charge in [-0.05, 0) is 29.7 Å². The summed E-state index contributed by atoms with van der Waals surface area (Å²) in [7, 11) is -4.28. The van der Waals surface area contributed by atoms with Crippen LogP contribution in [0.5, 0.6) is 0 Å². The van der Waals surface area contributed by atoms with Crippen LogP contribution in [0.4, 0.5) is 11.4 Å². The average Bonchev–Trinajstić information content (AvgIpc) is 2.47. The molecule has 0 bridgehead atoms. The number of hydrogen-bond donors (Lipinski definition) is 2. The van der Waals surface area contributed by atoms with Gasteiger partial charge in [0.15, 0.2) is 0 Å². The minimum absolute atomic E-state index is 0. The summed E-state index contributed by atoms with van der Waals surface area (Å²) in [6, 6.07) is 19.7. The molecule has 0 heterocycles. The van der Waals surface area contributed by atoms with Crippen molar-refractivity contribution in [3.63, 3.8) is 0 Å². The summed E-state index contributed by atoms with van der Waals surface area (Å²) in [6.07, 6.45) is 0. The first-order valence-corrected chi connectivity index (χ1v) is 7.81. The van der Waals surface area contributed by atoms with Crippen molar-refractivity contribution in [3.8, 4) is 0 Å². The van der Waals surface area contributed by atoms with Crippen LogP contribution in [0, 0.1) is 0 Å². The molecule has 108 valence electrons. The predicted molar refractivity (Wildman–Crippen MR) is 90.6 cm³/mol. The molecule has 0 unspecified atom stereocenters. The Hall–Kier alpha value is -1.37. The Morgan fingerprint density at radius 2 is 1.45 bits per heavy atom. The van der Waals surface area contributed by atoms with E-state index in [0.29, 0.717) is 11.1 Å². The van der Waals surface area contributed by atoms with Gasteiger partial charge in [-0.1, -0.05) is 42.5 Å². The van der Waals surface area contributed by atoms with Crippen molar-refractivity contribution in [1.82, 2.24) is 0 Å². The van der Waals surface area contributed by atoms with Gasteiger partial charge < -0.3 is 5.32 Å². The predicted octanol–water partition coefficient (Wildman–Crippen LogP) is 3.18. The Bertz CT molecular complexity index is 890. The third kappa shape index (κ3) is 3.51. The number of rotatable bonds is 3. The van der Waals surface area contributed by atoms with Crippen molar-refractivity contribution in [3.05, 3.63) is 66.7 Å². The molecular weight excluding hydrogens is 309 g/mol. The van der Waals surface area contributed by atoms with E-state index < -0.39 is 10.1 Å². The molecule has 0 saturated carbocycles. The number of para-hydroxylation sites is 1. The van der Waals surface area contributed by atoms with Crippen molar-refractivity contribution < 1.29 is 13.0 Å². The topological polar surface area (TPSA) is 66.4 Å². The summed E-state index contributed by atoms with van der Waals surface area (Å²) in [6.45, 7) is 0. The molecule has 0 aromatic heterocycles. The molecule has 0 saturated heterocycles. The fraction of sp³-hybridized carbons (Fsp3) is 0. The first kappa shape index (κ1) is 17.0. The molecule has 0 aliphatic heterocycles. The summed E-state index contributed by atoms with van der Waals surface area (Å²) < 4.78 is 32.6. The van der Waals surface area contributed by atoms with E-state index in [1.165, 1.54) is 6.07 Å². The third-order valence-electron chi connectivity index (χ3n) is 3.20. The molecule has 0 atom stereocenters. The standard InChI is InChI=1S/C16H13NO3S.Na.H/c18-21(19,20)15-11-5-7-12-6-4-10-14(16(12)15)17-13-8-2-1-3-9-13;;/h1-11,17H,(H,18,19,20);;. The molecule has 0 radical (unpaired) electrons. The van der Waals surface area contributed by atoms with Crippen LogP contribution in [0.25, 0.3) is 10.8 Å². The maximum absolute atomic E-state index is 11.6. The Balaban J connectivity index is 0.00000176. The molecule has 0 amide bonds. The second kappa shape index (κ2) is 6.81. The van der Waals surface area contributed by atoms with E-state index in [-0.39, 0.29) is 34.5 Å². The number of hydrogen-bond acceptors (Lipinski definition) is 3. The zero-order valence-corrected chi connectivity index (χ0v) is 11.8. The van der Waals surface area contributed by atoms with Gasteiger partial charge in [0.05, 0.1) is 0 Å². The van der Waals surface area contributed by atoms with E-state index in [9.17, 15) is 13.0 Å². The van der Waals surface area contributed by atoms with E-state index in [1.807, 2.05) is 36.4 Å². The van der Waals surface area contributed by atoms with Crippen LogP contribution < -0.4 is 5.32 Å². The van der Waals surface area contributed by atoms with Crippen LogP contribution in [-0.4, -0.2) is 42.5 Å². The van der Waals surface area contributed by atoms with E-state index in [1.54, 1.807) is 24.3 Å². The molecule has 4 nitrogen and oxygen atoms in total. The zero-order chi connectivity index (χ0) is 14.9. The summed E-state index contributed by atoms with van der Waals surface area (Å²) >= 11 is 0. The molecule has 0 aliphatic rings. The van der Waals surface area contributed by atoms with Crippen molar-refractivity contribution >= 4 is 61.8 Å². The van der Waals surface area contributed by atoms with Gasteiger partial charge in [0, 0.05) is 16.8 Å². The Morgan fingerprint density at radius 1 is 0.818 bits per heavy atom. The molecule has 2 N–H and O–H groups in total. The van der Waals surface area contributed by atoms with Crippen LogP contribution in [0.1, 0.15) is 0 Å². The first-order chi connectivity index (χ1) is 10.1. The van der Waals surface area contributed by atoms with E-state index in [0.717, 1.165) is 11.1 Å². The Kier molecular flexibility index (Phi) is 5.26. The molecule has 3 aromatic carbocycles. The van der Waals surface area contributed by atoms with Crippen LogP contribution in [0.3, 0.4) is 0 Å². The SMILES string of the molecule is O=S(=O)(O)c1cccc2cccc(Nc3ccccc3)c12.[NaH]. The van der Waals surface area contributed by atoms with Gasteiger partial charge in [-0.2, -0.15) is 8.42 Å². The average molecular weight is 323 g/mol. The van der Waals surface area contributed by atoms with Gasteiger partial charge in [0.2, 0.25) is 0 Å². The fourth-order valence-electron chi connectivity index (χ4n) is 2.30. The minimum atomic E-state index is -4.28. The van der Waals surface area contributed by atoms with Crippen molar-refractivity contribution in [2.24, 2.45) is 0 Å². The fourth-order valence-corrected chi connectivity index (χ4v) is 3.04. The normalized spacial score (nSPS) is 11.0. The van der Waals surface area contributed by atoms with Crippen molar-refractivity contribution in [1.29, 1.82) is 0 Å². The second-order valence-corrected chi connectivity index (χ2v) is 6.02. The number of benzene rings is 3. The number of fused-ring (bicyclic) bond motifs is 1. The molecule has 0 aliphatic carbocycles. The summed E-state index contributed by atoms with van der Waals surface area (Å²) in [5, 5.41) is 4.40. The third-order valence-corrected chi connectivity index (χ3v) is 4.09. The molecule has 0 fully saturated rings. The van der Waals surface area contributed by atoms with Gasteiger partial charge in [0.1, 0.15) is 4.90 Å². The molecule has 22 heavy (non-hydrogen) atoms. The molecule has 3 aromatic rings. The Morgan fingerprint density at radius 3 is 2.09 bits per heavy atom. The van der Waals surface area contributed by atoms with Gasteiger partial charge in [-0.15, -0.1) is 0 Å². The van der Waals surface area contributed by atoms with Gasteiger partial charge >= 0.3 is 29.6 Å². The molecule has 6 heteroatoms. The first-order valence-electron chi connectivity index (χ1n) is 6.37. The van der Waals surface area contributed by atoms with Crippen molar-refractivity contribution in [2.45, 2.75) is 4.90 Å². The number of nitrogens with one attached hydrogen (secondary N) is 1. The van der Waals surface area contributed by atoms with E-state index >= 15 is 0 Å². The summed E-state index contributed by atoms with van der Waals surface area (Å²) in [5.74, 6) is 0. The van der Waals surface area contributed by atoms with E-state index in [2.05, 4.69) is 5.32 Å². The Labute approximate surface area is 151 Å². The van der Waals surface area contributed by atoms with Gasteiger partial charge in [0.25, 0.3) is 10.1 Å².